The van der Waals surface area contributed by atoms with Crippen molar-refractivity contribution in [2.75, 3.05) is 0 Å². The van der Waals surface area contributed by atoms with Crippen LogP contribution in [0.4, 0.5) is 0 Å². The first kappa shape index (κ1) is 12.3. The van der Waals surface area contributed by atoms with Crippen molar-refractivity contribution in [3.63, 3.8) is 0 Å². The lowest BCUT2D eigenvalue weighted by molar-refractivity contribution is 0.585. The smallest absolute Gasteiger partial charge is 0.251 e. The van der Waals surface area contributed by atoms with Crippen LogP contribution in [0.2, 0.25) is 0 Å². The highest BCUT2D eigenvalue weighted by atomic mass is 127. The summed E-state index contributed by atoms with van der Waals surface area (Å²) in [6, 6.07) is 1.65. The molecule has 0 spiro atoms. The summed E-state index contributed by atoms with van der Waals surface area (Å²) in [5.74, 6) is 0.800. The maximum absolute atomic E-state index is 11.8. The molecule has 0 amide bonds. The highest BCUT2D eigenvalue weighted by Gasteiger charge is 2.06. The average Bonchev–Trinajstić information content (AvgIpc) is 2.73. The van der Waals surface area contributed by atoms with Gasteiger partial charge in [-0.2, -0.15) is 5.10 Å². The number of aryl methyl sites for hydroxylation is 2. The van der Waals surface area contributed by atoms with Gasteiger partial charge in [0.2, 0.25) is 0 Å². The maximum atomic E-state index is 11.8. The first-order valence-corrected chi connectivity index (χ1v) is 6.43. The molecule has 5 nitrogen and oxygen atoms in total. The molecule has 0 saturated heterocycles. The van der Waals surface area contributed by atoms with Crippen LogP contribution in [0.1, 0.15) is 18.3 Å². The minimum absolute atomic E-state index is 0.00595. The molecule has 0 aliphatic heterocycles. The Hall–Kier alpha value is -1.18. The lowest BCUT2D eigenvalue weighted by Gasteiger charge is -2.07. The Kier molecular flexibility index (Phi) is 3.60. The van der Waals surface area contributed by atoms with Gasteiger partial charge in [-0.1, -0.05) is 0 Å². The molecular formula is C11H13IN4O. The summed E-state index contributed by atoms with van der Waals surface area (Å²) in [5.41, 5.74) is 0.998. The van der Waals surface area contributed by atoms with Crippen LogP contribution < -0.4 is 5.56 Å². The molecule has 17 heavy (non-hydrogen) atoms. The highest BCUT2D eigenvalue weighted by molar-refractivity contribution is 14.1. The molecule has 90 valence electrons. The SMILES string of the molecule is CCn1ncnc1Cn1cc(I)c(C)cc1=O. The fourth-order valence-corrected chi connectivity index (χ4v) is 2.08. The Bertz CT molecular complexity index is 587. The molecule has 0 fully saturated rings. The zero-order chi connectivity index (χ0) is 12.4. The zero-order valence-corrected chi connectivity index (χ0v) is 11.9. The van der Waals surface area contributed by atoms with E-state index in [0.717, 1.165) is 21.5 Å². The first-order valence-electron chi connectivity index (χ1n) is 5.35. The van der Waals surface area contributed by atoms with Crippen molar-refractivity contribution in [1.82, 2.24) is 19.3 Å². The Morgan fingerprint density at radius 3 is 2.94 bits per heavy atom. The summed E-state index contributed by atoms with van der Waals surface area (Å²) in [5, 5.41) is 4.09. The first-order chi connectivity index (χ1) is 8.11. The van der Waals surface area contributed by atoms with Gasteiger partial charge in [0, 0.05) is 22.4 Å². The van der Waals surface area contributed by atoms with Crippen LogP contribution in [-0.2, 0) is 13.1 Å². The zero-order valence-electron chi connectivity index (χ0n) is 9.72. The molecule has 0 saturated carbocycles. The van der Waals surface area contributed by atoms with Gasteiger partial charge in [-0.05, 0) is 42.0 Å². The van der Waals surface area contributed by atoms with Crippen molar-refractivity contribution in [3.8, 4) is 0 Å². The molecule has 0 aliphatic rings. The number of halogens is 1. The average molecular weight is 344 g/mol. The molecular weight excluding hydrogens is 331 g/mol. The lowest BCUT2D eigenvalue weighted by atomic mass is 10.3. The Morgan fingerprint density at radius 2 is 2.24 bits per heavy atom. The van der Waals surface area contributed by atoms with Crippen molar-refractivity contribution in [3.05, 3.63) is 43.9 Å². The predicted molar refractivity (Wildman–Crippen MR) is 73.0 cm³/mol. The van der Waals surface area contributed by atoms with Gasteiger partial charge in [0.15, 0.2) is 0 Å². The molecule has 0 aromatic carbocycles. The Balaban J connectivity index is 2.37. The molecule has 0 bridgehead atoms. The number of hydrogen-bond acceptors (Lipinski definition) is 3. The monoisotopic (exact) mass is 344 g/mol. The van der Waals surface area contributed by atoms with Gasteiger partial charge in [-0.25, -0.2) is 9.67 Å². The van der Waals surface area contributed by atoms with E-state index in [0.29, 0.717) is 6.54 Å². The van der Waals surface area contributed by atoms with Crippen LogP contribution in [0.3, 0.4) is 0 Å². The van der Waals surface area contributed by atoms with Crippen molar-refractivity contribution < 1.29 is 0 Å². The van der Waals surface area contributed by atoms with Gasteiger partial charge in [-0.15, -0.1) is 0 Å². The van der Waals surface area contributed by atoms with E-state index in [9.17, 15) is 4.79 Å². The third kappa shape index (κ3) is 2.56. The van der Waals surface area contributed by atoms with E-state index in [2.05, 4.69) is 32.7 Å². The summed E-state index contributed by atoms with van der Waals surface area (Å²) < 4.78 is 4.52. The molecule has 0 N–H and O–H groups in total. The van der Waals surface area contributed by atoms with Crippen LogP contribution >= 0.6 is 22.6 Å². The van der Waals surface area contributed by atoms with Gasteiger partial charge in [0.05, 0.1) is 6.54 Å². The van der Waals surface area contributed by atoms with E-state index in [4.69, 9.17) is 0 Å². The predicted octanol–water partition coefficient (Wildman–Crippen LogP) is 1.42. The number of rotatable bonds is 3. The van der Waals surface area contributed by atoms with Gasteiger partial charge >= 0.3 is 0 Å². The summed E-state index contributed by atoms with van der Waals surface area (Å²) in [4.78, 5) is 16.0. The largest absolute Gasteiger partial charge is 0.307 e. The molecule has 0 atom stereocenters. The van der Waals surface area contributed by atoms with Crippen molar-refractivity contribution in [1.29, 1.82) is 0 Å². The van der Waals surface area contributed by atoms with E-state index in [1.54, 1.807) is 15.3 Å². The van der Waals surface area contributed by atoms with Crippen molar-refractivity contribution in [2.24, 2.45) is 0 Å². The summed E-state index contributed by atoms with van der Waals surface area (Å²) in [6.45, 7) is 5.15. The van der Waals surface area contributed by atoms with E-state index in [1.807, 2.05) is 20.0 Å². The van der Waals surface area contributed by atoms with Crippen LogP contribution in [0, 0.1) is 10.5 Å². The van der Waals surface area contributed by atoms with Crippen LogP contribution in [0.15, 0.2) is 23.4 Å². The van der Waals surface area contributed by atoms with Crippen LogP contribution in [0.25, 0.3) is 0 Å². The second kappa shape index (κ2) is 4.99. The number of nitrogens with zero attached hydrogens (tertiary/aromatic N) is 4. The second-order valence-corrected chi connectivity index (χ2v) is 4.92. The molecule has 6 heteroatoms. The Labute approximate surface area is 113 Å². The molecule has 2 rings (SSSR count). The van der Waals surface area contributed by atoms with Crippen molar-refractivity contribution in [2.45, 2.75) is 26.9 Å². The minimum atomic E-state index is -0.00595. The van der Waals surface area contributed by atoms with Gasteiger partial charge in [0.1, 0.15) is 12.2 Å². The topological polar surface area (TPSA) is 52.7 Å². The summed E-state index contributed by atoms with van der Waals surface area (Å²) in [6.07, 6.45) is 3.37. The number of hydrogen-bond donors (Lipinski definition) is 0. The third-order valence-electron chi connectivity index (χ3n) is 2.58. The van der Waals surface area contributed by atoms with E-state index >= 15 is 0 Å². The van der Waals surface area contributed by atoms with E-state index < -0.39 is 0 Å². The third-order valence-corrected chi connectivity index (χ3v) is 3.71. The molecule has 2 aromatic rings. The normalized spacial score (nSPS) is 10.8. The molecule has 0 unspecified atom stereocenters. The second-order valence-electron chi connectivity index (χ2n) is 3.76. The summed E-state index contributed by atoms with van der Waals surface area (Å²) in [7, 11) is 0. The maximum Gasteiger partial charge on any atom is 0.251 e. The molecule has 2 aromatic heterocycles. The Morgan fingerprint density at radius 1 is 1.47 bits per heavy atom. The molecule has 2 heterocycles. The molecule has 0 aliphatic carbocycles. The highest BCUT2D eigenvalue weighted by Crippen LogP contribution is 2.08. The van der Waals surface area contributed by atoms with Crippen molar-refractivity contribution >= 4 is 22.6 Å². The fraction of sp³-hybridized carbons (Fsp3) is 0.364. The van der Waals surface area contributed by atoms with Gasteiger partial charge < -0.3 is 4.57 Å². The van der Waals surface area contributed by atoms with Gasteiger partial charge in [0.25, 0.3) is 5.56 Å². The standard InChI is InChI=1S/C11H13IN4O/c1-3-16-10(13-7-14-16)6-15-5-9(12)8(2)4-11(15)17/h4-5,7H,3,6H2,1-2H3. The minimum Gasteiger partial charge on any atom is -0.307 e. The molecule has 0 radical (unpaired) electrons. The van der Waals surface area contributed by atoms with E-state index in [1.165, 1.54) is 6.33 Å². The lowest BCUT2D eigenvalue weighted by Crippen LogP contribution is -2.22. The number of pyridine rings is 1. The number of aromatic nitrogens is 4. The van der Waals surface area contributed by atoms with Crippen LogP contribution in [0.5, 0.6) is 0 Å². The van der Waals surface area contributed by atoms with Crippen LogP contribution in [-0.4, -0.2) is 19.3 Å². The fourth-order valence-electron chi connectivity index (χ4n) is 1.59. The van der Waals surface area contributed by atoms with Gasteiger partial charge in [-0.3, -0.25) is 4.79 Å². The summed E-state index contributed by atoms with van der Waals surface area (Å²) >= 11 is 2.22. The van der Waals surface area contributed by atoms with E-state index in [-0.39, 0.29) is 5.56 Å². The quantitative estimate of drug-likeness (QED) is 0.792.